The van der Waals surface area contributed by atoms with Crippen LogP contribution >= 0.6 is 0 Å². The maximum absolute atomic E-state index is 11.6. The van der Waals surface area contributed by atoms with Crippen LogP contribution in [0.25, 0.3) is 33.9 Å². The number of carboxylic acid groups (broad SMARTS) is 2. The van der Waals surface area contributed by atoms with Crippen molar-refractivity contribution in [2.45, 2.75) is 0 Å². The van der Waals surface area contributed by atoms with Crippen molar-refractivity contribution in [1.82, 2.24) is 19.6 Å². The zero-order valence-corrected chi connectivity index (χ0v) is 34.4. The number of nitrogens with zero attached hydrogens (tertiary/aromatic N) is 8. The van der Waals surface area contributed by atoms with E-state index in [2.05, 4.69) is 20.2 Å². The molecule has 1 radical (unpaired) electrons. The third-order valence-corrected chi connectivity index (χ3v) is 9.40. The molecule has 0 aliphatic heterocycles. The number of non-ortho nitro benzene ring substituents is 2. The van der Waals surface area contributed by atoms with Crippen LogP contribution in [0.1, 0.15) is 31.8 Å². The molecule has 65 heavy (non-hydrogen) atoms. The van der Waals surface area contributed by atoms with Gasteiger partial charge in [-0.2, -0.15) is 10.2 Å². The monoisotopic (exact) mass is 915 g/mol. The molecule has 0 unspecified atom stereocenters. The standard InChI is InChI=1S/2C23H16N4O5.Co/c2*28-22-19(14-24-20-12-11-17(27(31)32)13-18(20)23(29)30)21(15-7-3-1-4-8-15)25-26(22)16-9-5-2-6-10-16;/h2*1-14,28H,(H,29,30);. The van der Waals surface area contributed by atoms with Gasteiger partial charge in [-0.1, -0.05) is 97.1 Å². The second-order valence-corrected chi connectivity index (χ2v) is 13.4. The Balaban J connectivity index is 0.000000212. The number of para-hydroxylation sites is 2. The molecule has 0 fully saturated rings. The van der Waals surface area contributed by atoms with Crippen LogP contribution in [-0.2, 0) is 16.8 Å². The summed E-state index contributed by atoms with van der Waals surface area (Å²) < 4.78 is 2.72. The Hall–Kier alpha value is -9.07. The fourth-order valence-corrected chi connectivity index (χ4v) is 6.31. The molecule has 0 bridgehead atoms. The van der Waals surface area contributed by atoms with E-state index in [0.29, 0.717) is 22.8 Å². The summed E-state index contributed by atoms with van der Waals surface area (Å²) in [5, 5.41) is 71.7. The maximum Gasteiger partial charge on any atom is 0.338 e. The maximum atomic E-state index is 11.6. The van der Waals surface area contributed by atoms with E-state index in [1.54, 1.807) is 24.3 Å². The van der Waals surface area contributed by atoms with Gasteiger partial charge in [0.15, 0.2) is 0 Å². The number of nitro groups is 2. The van der Waals surface area contributed by atoms with E-state index >= 15 is 0 Å². The van der Waals surface area contributed by atoms with Gasteiger partial charge >= 0.3 is 11.9 Å². The van der Waals surface area contributed by atoms with Crippen molar-refractivity contribution >= 4 is 47.1 Å². The first-order valence-corrected chi connectivity index (χ1v) is 18.9. The first-order valence-electron chi connectivity index (χ1n) is 18.9. The van der Waals surface area contributed by atoms with Crippen molar-refractivity contribution in [2.75, 3.05) is 0 Å². The smallest absolute Gasteiger partial charge is 0.338 e. The second kappa shape index (κ2) is 20.2. The van der Waals surface area contributed by atoms with Gasteiger partial charge in [-0.05, 0) is 36.4 Å². The summed E-state index contributed by atoms with van der Waals surface area (Å²) in [5.74, 6) is -3.07. The van der Waals surface area contributed by atoms with Gasteiger partial charge in [0.25, 0.3) is 11.4 Å². The molecular formula is C46H32CoN8O10. The fraction of sp³-hybridized carbons (Fsp3) is 0. The SMILES string of the molecule is O=C(O)c1cc([N+](=O)[O-])ccc1N=Cc1c(-c2ccccc2)nn(-c2ccccc2)c1O.O=C(O)c1cc([N+](=O)[O-])ccc1N=Cc1c(-c2ccccc2)nn(-c2ccccc2)c1O.[Co]. The molecule has 0 saturated carbocycles. The molecule has 0 amide bonds. The first-order chi connectivity index (χ1) is 30.9. The molecule has 0 spiro atoms. The Morgan fingerprint density at radius 2 is 0.846 bits per heavy atom. The number of aromatic carboxylic acids is 2. The summed E-state index contributed by atoms with van der Waals surface area (Å²) in [6.07, 6.45) is 2.61. The molecule has 4 N–H and O–H groups in total. The normalized spacial score (nSPS) is 10.8. The number of rotatable bonds is 12. The van der Waals surface area contributed by atoms with Gasteiger partial charge in [0.05, 0.1) is 54.8 Å². The van der Waals surface area contributed by atoms with Gasteiger partial charge in [0, 0.05) is 64.6 Å². The van der Waals surface area contributed by atoms with Gasteiger partial charge in [-0.25, -0.2) is 19.0 Å². The van der Waals surface area contributed by atoms with Crippen LogP contribution in [0.2, 0.25) is 0 Å². The zero-order chi connectivity index (χ0) is 45.3. The number of aromatic hydroxyl groups is 2. The fourth-order valence-electron chi connectivity index (χ4n) is 6.31. The van der Waals surface area contributed by atoms with Crippen LogP contribution in [0, 0.1) is 20.2 Å². The van der Waals surface area contributed by atoms with E-state index in [9.17, 15) is 50.2 Å². The van der Waals surface area contributed by atoms with Crippen LogP contribution in [0.5, 0.6) is 11.8 Å². The van der Waals surface area contributed by atoms with Crippen molar-refractivity contribution < 1.29 is 56.6 Å². The minimum Gasteiger partial charge on any atom is -0.493 e. The van der Waals surface area contributed by atoms with Gasteiger partial charge in [0.2, 0.25) is 11.8 Å². The number of carboxylic acids is 2. The van der Waals surface area contributed by atoms with Crippen LogP contribution in [0.3, 0.4) is 0 Å². The van der Waals surface area contributed by atoms with E-state index in [0.717, 1.165) is 23.3 Å². The van der Waals surface area contributed by atoms with Crippen LogP contribution in [0.4, 0.5) is 22.7 Å². The van der Waals surface area contributed by atoms with E-state index in [1.807, 2.05) is 97.1 Å². The van der Waals surface area contributed by atoms with Crippen molar-refractivity contribution in [3.05, 3.63) is 200 Å². The molecule has 2 aromatic heterocycles. The Morgan fingerprint density at radius 3 is 1.15 bits per heavy atom. The number of hydrogen-bond donors (Lipinski definition) is 4. The number of aliphatic imine (C=N–C) groups is 2. The molecule has 0 saturated heterocycles. The van der Waals surface area contributed by atoms with Gasteiger partial charge < -0.3 is 20.4 Å². The second-order valence-electron chi connectivity index (χ2n) is 13.4. The number of nitro benzene ring substituents is 2. The summed E-state index contributed by atoms with van der Waals surface area (Å²) in [6, 6.07) is 43.1. The largest absolute Gasteiger partial charge is 0.493 e. The van der Waals surface area contributed by atoms with Gasteiger partial charge in [-0.15, -0.1) is 0 Å². The summed E-state index contributed by atoms with van der Waals surface area (Å²) in [4.78, 5) is 52.2. The number of hydrogen-bond acceptors (Lipinski definition) is 12. The third kappa shape index (κ3) is 10.2. The topological polar surface area (TPSA) is 262 Å². The minimum absolute atomic E-state index is 0. The van der Waals surface area contributed by atoms with Crippen LogP contribution in [0.15, 0.2) is 168 Å². The predicted octanol–water partition coefficient (Wildman–Crippen LogP) is 9.20. The van der Waals surface area contributed by atoms with Crippen LogP contribution < -0.4 is 0 Å². The first kappa shape index (κ1) is 45.5. The van der Waals surface area contributed by atoms with Crippen molar-refractivity contribution in [3.8, 4) is 45.6 Å². The molecule has 19 heteroatoms. The predicted molar refractivity (Wildman–Crippen MR) is 236 cm³/mol. The summed E-state index contributed by atoms with van der Waals surface area (Å²) >= 11 is 0. The third-order valence-electron chi connectivity index (χ3n) is 9.40. The van der Waals surface area contributed by atoms with Crippen LogP contribution in [-0.4, -0.2) is 74.2 Å². The van der Waals surface area contributed by atoms with E-state index in [4.69, 9.17) is 0 Å². The Kier molecular flexibility index (Phi) is 14.1. The molecule has 325 valence electrons. The summed E-state index contributed by atoms with van der Waals surface area (Å²) in [6.45, 7) is 0. The molecule has 18 nitrogen and oxygen atoms in total. The molecule has 8 aromatic rings. The Morgan fingerprint density at radius 1 is 0.523 bits per heavy atom. The molecule has 0 aliphatic rings. The number of benzene rings is 6. The Labute approximate surface area is 377 Å². The zero-order valence-electron chi connectivity index (χ0n) is 33.3. The quantitative estimate of drug-likeness (QED) is 0.0508. The van der Waals surface area contributed by atoms with Gasteiger partial charge in [0.1, 0.15) is 11.4 Å². The van der Waals surface area contributed by atoms with E-state index in [1.165, 1.54) is 46.1 Å². The average molecular weight is 916 g/mol. The minimum atomic E-state index is -1.35. The molecule has 0 atom stereocenters. The molecule has 6 aromatic carbocycles. The molecular weight excluding hydrogens is 883 g/mol. The molecule has 0 aliphatic carbocycles. The number of aromatic nitrogens is 4. The van der Waals surface area contributed by atoms with E-state index in [-0.39, 0.29) is 73.5 Å². The van der Waals surface area contributed by atoms with E-state index < -0.39 is 21.8 Å². The summed E-state index contributed by atoms with van der Waals surface area (Å²) in [7, 11) is 0. The Bertz CT molecular complexity index is 2880. The molecule has 8 rings (SSSR count). The van der Waals surface area contributed by atoms with Gasteiger partial charge in [-0.3, -0.25) is 30.2 Å². The van der Waals surface area contributed by atoms with Crippen molar-refractivity contribution in [2.24, 2.45) is 9.98 Å². The van der Waals surface area contributed by atoms with Crippen molar-refractivity contribution in [3.63, 3.8) is 0 Å². The number of carbonyl (C=O) groups is 2. The average Bonchev–Trinajstić information content (AvgIpc) is 3.83. The molecule has 2 heterocycles. The summed E-state index contributed by atoms with van der Waals surface area (Å²) in [5.41, 5.74) is 2.78. The van der Waals surface area contributed by atoms with Crippen molar-refractivity contribution in [1.29, 1.82) is 0 Å².